The Labute approximate surface area is 172 Å². The van der Waals surface area contributed by atoms with Crippen LogP contribution in [0, 0.1) is 0 Å². The molecule has 0 fully saturated rings. The van der Waals surface area contributed by atoms with E-state index in [0.717, 1.165) is 5.56 Å². The highest BCUT2D eigenvalue weighted by Crippen LogP contribution is 2.30. The van der Waals surface area contributed by atoms with Gasteiger partial charge in [-0.3, -0.25) is 10.1 Å². The minimum atomic E-state index is -5.15. The molecule has 0 saturated heterocycles. The zero-order valence-electron chi connectivity index (χ0n) is 16.6. The van der Waals surface area contributed by atoms with E-state index < -0.39 is 23.7 Å². The van der Waals surface area contributed by atoms with Crippen molar-refractivity contribution in [1.29, 1.82) is 0 Å². The Morgan fingerprint density at radius 3 is 2.17 bits per heavy atom. The molecule has 6 nitrogen and oxygen atoms in total. The smallest absolute Gasteiger partial charge is 0.436 e. The highest BCUT2D eigenvalue weighted by atomic mass is 19.4. The molecule has 0 spiro atoms. The van der Waals surface area contributed by atoms with Gasteiger partial charge in [0, 0.05) is 12.1 Å². The molecule has 1 unspecified atom stereocenters. The molecular formula is C21H23F3N2O4. The first-order valence-electron chi connectivity index (χ1n) is 9.23. The lowest BCUT2D eigenvalue weighted by Crippen LogP contribution is -2.73. The van der Waals surface area contributed by atoms with E-state index in [1.807, 2.05) is 0 Å². The van der Waals surface area contributed by atoms with Crippen LogP contribution in [0.3, 0.4) is 0 Å². The number of esters is 1. The van der Waals surface area contributed by atoms with Gasteiger partial charge in [-0.2, -0.15) is 13.2 Å². The van der Waals surface area contributed by atoms with Crippen LogP contribution in [0.25, 0.3) is 0 Å². The Hall–Kier alpha value is -3.07. The number of hydrogen-bond acceptors (Lipinski definition) is 5. The first-order chi connectivity index (χ1) is 14.2. The van der Waals surface area contributed by atoms with Crippen molar-refractivity contribution < 1.29 is 32.2 Å². The van der Waals surface area contributed by atoms with Crippen molar-refractivity contribution in [3.8, 4) is 5.75 Å². The molecule has 0 aliphatic rings. The molecule has 0 radical (unpaired) electrons. The van der Waals surface area contributed by atoms with Gasteiger partial charge in [0.2, 0.25) is 0 Å². The van der Waals surface area contributed by atoms with Crippen LogP contribution in [0.2, 0.25) is 0 Å². The standard InChI is InChI=1S/C21H23F3N2O4/c1-3-30-19(28)20(21(22,23)24,26-18(27)16-7-5-4-6-8-16)25-14-13-15-9-11-17(29-2)12-10-15/h4-12,25H,3,13-14H2,1-2H3,(H,26,27). The summed E-state index contributed by atoms with van der Waals surface area (Å²) in [7, 11) is 1.50. The quantitative estimate of drug-likeness (QED) is 0.478. The summed E-state index contributed by atoms with van der Waals surface area (Å²) in [6.07, 6.45) is -4.98. The van der Waals surface area contributed by atoms with Crippen molar-refractivity contribution >= 4 is 11.9 Å². The molecule has 0 saturated carbocycles. The second-order valence-electron chi connectivity index (χ2n) is 6.31. The largest absolute Gasteiger partial charge is 0.497 e. The molecule has 9 heteroatoms. The first kappa shape index (κ1) is 23.2. The Morgan fingerprint density at radius 1 is 1.00 bits per heavy atom. The molecule has 2 aromatic carbocycles. The molecule has 1 amide bonds. The van der Waals surface area contributed by atoms with E-state index in [0.29, 0.717) is 5.75 Å². The van der Waals surface area contributed by atoms with Crippen LogP contribution in [0.4, 0.5) is 13.2 Å². The number of halogens is 3. The summed E-state index contributed by atoms with van der Waals surface area (Å²) < 4.78 is 51.9. The van der Waals surface area contributed by atoms with Crippen molar-refractivity contribution in [2.75, 3.05) is 20.3 Å². The normalized spacial score (nSPS) is 13.2. The fraction of sp³-hybridized carbons (Fsp3) is 0.333. The summed E-state index contributed by atoms with van der Waals surface area (Å²) in [4.78, 5) is 24.8. The van der Waals surface area contributed by atoms with Crippen LogP contribution in [-0.2, 0) is 16.0 Å². The van der Waals surface area contributed by atoms with E-state index in [-0.39, 0.29) is 25.1 Å². The first-order valence-corrected chi connectivity index (χ1v) is 9.23. The topological polar surface area (TPSA) is 76.7 Å². The fourth-order valence-electron chi connectivity index (χ4n) is 2.71. The number of carbonyl (C=O) groups is 2. The molecule has 0 heterocycles. The number of amides is 1. The van der Waals surface area contributed by atoms with E-state index in [4.69, 9.17) is 4.74 Å². The van der Waals surface area contributed by atoms with Crippen LogP contribution < -0.4 is 15.4 Å². The summed E-state index contributed by atoms with van der Waals surface area (Å²) in [5.41, 5.74) is -2.69. The average Bonchev–Trinajstić information content (AvgIpc) is 2.73. The van der Waals surface area contributed by atoms with Crippen LogP contribution >= 0.6 is 0 Å². The van der Waals surface area contributed by atoms with E-state index in [1.165, 1.54) is 38.3 Å². The Morgan fingerprint density at radius 2 is 1.63 bits per heavy atom. The molecule has 30 heavy (non-hydrogen) atoms. The van der Waals surface area contributed by atoms with Gasteiger partial charge in [0.25, 0.3) is 11.6 Å². The van der Waals surface area contributed by atoms with Crippen LogP contribution in [0.5, 0.6) is 5.75 Å². The number of alkyl halides is 3. The Bertz CT molecular complexity index is 842. The molecule has 162 valence electrons. The summed E-state index contributed by atoms with van der Waals surface area (Å²) in [6, 6.07) is 14.1. The summed E-state index contributed by atoms with van der Waals surface area (Å²) in [5, 5.41) is 3.98. The average molecular weight is 424 g/mol. The molecule has 0 aliphatic carbocycles. The molecule has 1 atom stereocenters. The summed E-state index contributed by atoms with van der Waals surface area (Å²) >= 11 is 0. The van der Waals surface area contributed by atoms with Gasteiger partial charge >= 0.3 is 12.1 Å². The molecule has 0 bridgehead atoms. The predicted molar refractivity (Wildman–Crippen MR) is 104 cm³/mol. The van der Waals surface area contributed by atoms with Crippen LogP contribution in [0.1, 0.15) is 22.8 Å². The molecule has 0 aliphatic heterocycles. The monoisotopic (exact) mass is 424 g/mol. The number of benzene rings is 2. The minimum absolute atomic E-state index is 0.0209. The third kappa shape index (κ3) is 5.50. The van der Waals surface area contributed by atoms with Gasteiger partial charge in [-0.25, -0.2) is 4.79 Å². The number of nitrogens with one attached hydrogen (secondary N) is 2. The molecular weight excluding hydrogens is 401 g/mol. The number of ether oxygens (including phenoxy) is 2. The van der Waals surface area contributed by atoms with Crippen molar-refractivity contribution in [3.63, 3.8) is 0 Å². The maximum atomic E-state index is 14.1. The molecule has 2 rings (SSSR count). The van der Waals surface area contributed by atoms with E-state index in [2.05, 4.69) is 10.1 Å². The number of rotatable bonds is 9. The van der Waals surface area contributed by atoms with Gasteiger partial charge < -0.3 is 14.8 Å². The molecule has 2 N–H and O–H groups in total. The highest BCUT2D eigenvalue weighted by Gasteiger charge is 2.63. The van der Waals surface area contributed by atoms with Crippen LogP contribution in [-0.4, -0.2) is 44.0 Å². The zero-order chi connectivity index (χ0) is 22.2. The van der Waals surface area contributed by atoms with E-state index in [1.54, 1.807) is 35.6 Å². The lowest BCUT2D eigenvalue weighted by molar-refractivity contribution is -0.218. The Balaban J connectivity index is 2.26. The van der Waals surface area contributed by atoms with Crippen molar-refractivity contribution in [2.45, 2.75) is 25.2 Å². The van der Waals surface area contributed by atoms with Crippen LogP contribution in [0.15, 0.2) is 54.6 Å². The summed E-state index contributed by atoms with van der Waals surface area (Å²) in [6.45, 7) is 0.854. The third-order valence-corrected chi connectivity index (χ3v) is 4.31. The van der Waals surface area contributed by atoms with Gasteiger partial charge in [0.15, 0.2) is 0 Å². The zero-order valence-corrected chi connectivity index (χ0v) is 16.6. The van der Waals surface area contributed by atoms with Gasteiger partial charge in [0.05, 0.1) is 13.7 Å². The fourth-order valence-corrected chi connectivity index (χ4v) is 2.71. The molecule has 0 aromatic heterocycles. The highest BCUT2D eigenvalue weighted by molar-refractivity contribution is 5.98. The van der Waals surface area contributed by atoms with Gasteiger partial charge in [-0.1, -0.05) is 30.3 Å². The molecule has 2 aromatic rings. The number of carbonyl (C=O) groups excluding carboxylic acids is 2. The predicted octanol–water partition coefficient (Wildman–Crippen LogP) is 3.08. The SMILES string of the molecule is CCOC(=O)C(NCCc1ccc(OC)cc1)(NC(=O)c1ccccc1)C(F)(F)F. The number of hydrogen-bond donors (Lipinski definition) is 2. The van der Waals surface area contributed by atoms with Gasteiger partial charge in [-0.05, 0) is 43.2 Å². The van der Waals surface area contributed by atoms with E-state index in [9.17, 15) is 22.8 Å². The van der Waals surface area contributed by atoms with Crippen molar-refractivity contribution in [3.05, 3.63) is 65.7 Å². The minimum Gasteiger partial charge on any atom is -0.497 e. The van der Waals surface area contributed by atoms with Gasteiger partial charge in [-0.15, -0.1) is 0 Å². The lowest BCUT2D eigenvalue weighted by atomic mass is 10.1. The van der Waals surface area contributed by atoms with Crippen molar-refractivity contribution in [2.24, 2.45) is 0 Å². The van der Waals surface area contributed by atoms with Crippen molar-refractivity contribution in [1.82, 2.24) is 10.6 Å². The third-order valence-electron chi connectivity index (χ3n) is 4.31. The maximum absolute atomic E-state index is 14.1. The second kappa shape index (κ2) is 10.1. The number of methoxy groups -OCH3 is 1. The van der Waals surface area contributed by atoms with Gasteiger partial charge in [0.1, 0.15) is 5.75 Å². The Kier molecular flexibility index (Phi) is 7.82. The summed E-state index contributed by atoms with van der Waals surface area (Å²) in [5.74, 6) is -2.08. The van der Waals surface area contributed by atoms with E-state index >= 15 is 0 Å². The second-order valence-corrected chi connectivity index (χ2v) is 6.31. The lowest BCUT2D eigenvalue weighted by Gasteiger charge is -2.34. The maximum Gasteiger partial charge on any atom is 0.436 e.